The van der Waals surface area contributed by atoms with Crippen molar-refractivity contribution in [2.24, 2.45) is 23.7 Å². The first-order chi connectivity index (χ1) is 12.7. The number of unbranched alkanes of at least 4 members (excludes halogenated alkanes) is 1. The minimum absolute atomic E-state index is 0.0586. The number of hydrogen-bond donors (Lipinski definition) is 0. The Hall–Kier alpha value is -0.690. The van der Waals surface area contributed by atoms with Crippen molar-refractivity contribution in [2.75, 3.05) is 5.75 Å². The summed E-state index contributed by atoms with van der Waals surface area (Å²) >= 11 is 2.20. The number of nitriles is 1. The summed E-state index contributed by atoms with van der Waals surface area (Å²) < 4.78 is 5.84. The second kappa shape index (κ2) is 10.0. The smallest absolute Gasteiger partial charge is 0.309 e. The largest absolute Gasteiger partial charge is 0.462 e. The first-order valence-corrected chi connectivity index (χ1v) is 12.0. The molecule has 3 rings (SSSR count). The van der Waals surface area contributed by atoms with Crippen LogP contribution in [0.2, 0.25) is 0 Å². The van der Waals surface area contributed by atoms with Gasteiger partial charge in [0.1, 0.15) is 6.10 Å². The molecule has 4 unspecified atom stereocenters. The maximum Gasteiger partial charge on any atom is 0.309 e. The van der Waals surface area contributed by atoms with Gasteiger partial charge in [-0.1, -0.05) is 13.3 Å². The Kier molecular flexibility index (Phi) is 7.73. The highest BCUT2D eigenvalue weighted by Gasteiger charge is 2.39. The number of ether oxygens (including phenoxy) is 1. The van der Waals surface area contributed by atoms with Gasteiger partial charge in [-0.2, -0.15) is 17.0 Å². The minimum Gasteiger partial charge on any atom is -0.462 e. The number of fused-ring (bicyclic) bond motifs is 1. The highest BCUT2D eigenvalue weighted by molar-refractivity contribution is 7.99. The van der Waals surface area contributed by atoms with E-state index in [2.05, 4.69) is 24.8 Å². The third-order valence-corrected chi connectivity index (χ3v) is 8.31. The maximum atomic E-state index is 12.6. The molecule has 146 valence electrons. The second-order valence-corrected chi connectivity index (χ2v) is 10.1. The molecule has 0 bridgehead atoms. The summed E-state index contributed by atoms with van der Waals surface area (Å²) in [7, 11) is 0. The molecule has 0 heterocycles. The summed E-state index contributed by atoms with van der Waals surface area (Å²) in [5.41, 5.74) is 0. The number of carbonyl (C=O) groups is 1. The summed E-state index contributed by atoms with van der Waals surface area (Å²) in [4.78, 5) is 12.6. The molecule has 0 saturated heterocycles. The lowest BCUT2D eigenvalue weighted by atomic mass is 9.67. The molecule has 0 amide bonds. The Morgan fingerprint density at radius 1 is 1.04 bits per heavy atom. The number of hydrogen-bond acceptors (Lipinski definition) is 4. The third kappa shape index (κ3) is 5.41. The van der Waals surface area contributed by atoms with Crippen molar-refractivity contribution >= 4 is 17.7 Å². The highest BCUT2D eigenvalue weighted by atomic mass is 32.2. The monoisotopic (exact) mass is 377 g/mol. The fourth-order valence-electron chi connectivity index (χ4n) is 5.18. The zero-order valence-electron chi connectivity index (χ0n) is 16.3. The van der Waals surface area contributed by atoms with Crippen LogP contribution in [0.5, 0.6) is 0 Å². The van der Waals surface area contributed by atoms with Crippen LogP contribution in [0, 0.1) is 35.0 Å². The summed E-state index contributed by atoms with van der Waals surface area (Å²) in [6.07, 6.45) is 13.6. The predicted molar refractivity (Wildman–Crippen MR) is 107 cm³/mol. The zero-order chi connectivity index (χ0) is 18.4. The van der Waals surface area contributed by atoms with Crippen molar-refractivity contribution in [3.63, 3.8) is 0 Å². The van der Waals surface area contributed by atoms with Crippen molar-refractivity contribution in [2.45, 2.75) is 95.3 Å². The summed E-state index contributed by atoms with van der Waals surface area (Å²) in [5, 5.41) is 9.86. The van der Waals surface area contributed by atoms with E-state index in [-0.39, 0.29) is 23.9 Å². The lowest BCUT2D eigenvalue weighted by molar-refractivity contribution is -0.158. The van der Waals surface area contributed by atoms with E-state index in [0.29, 0.717) is 0 Å². The van der Waals surface area contributed by atoms with Gasteiger partial charge < -0.3 is 4.74 Å². The van der Waals surface area contributed by atoms with E-state index in [1.807, 2.05) is 0 Å². The lowest BCUT2D eigenvalue weighted by Crippen LogP contribution is -2.36. The Labute approximate surface area is 163 Å². The lowest BCUT2D eigenvalue weighted by Gasteiger charge is -2.41. The van der Waals surface area contributed by atoms with Gasteiger partial charge in [0.25, 0.3) is 0 Å². The third-order valence-electron chi connectivity index (χ3n) is 6.89. The molecule has 3 aliphatic carbocycles. The van der Waals surface area contributed by atoms with Crippen LogP contribution in [0.25, 0.3) is 0 Å². The van der Waals surface area contributed by atoms with E-state index < -0.39 is 0 Å². The van der Waals surface area contributed by atoms with Crippen molar-refractivity contribution in [3.05, 3.63) is 0 Å². The SMILES string of the molecule is CCCCSC1CCC2CC(C(=O)OC3CCC(C#N)CC3)CCC2C1. The molecule has 3 fully saturated rings. The zero-order valence-corrected chi connectivity index (χ0v) is 17.1. The van der Waals surface area contributed by atoms with E-state index in [4.69, 9.17) is 10.00 Å². The summed E-state index contributed by atoms with van der Waals surface area (Å²) in [5.74, 6) is 3.28. The minimum atomic E-state index is 0.0586. The van der Waals surface area contributed by atoms with E-state index in [0.717, 1.165) is 55.6 Å². The first kappa shape index (κ1) is 20.1. The molecule has 26 heavy (non-hydrogen) atoms. The van der Waals surface area contributed by atoms with Crippen molar-refractivity contribution < 1.29 is 9.53 Å². The molecule has 0 aromatic heterocycles. The van der Waals surface area contributed by atoms with E-state index >= 15 is 0 Å². The fraction of sp³-hybridized carbons (Fsp3) is 0.909. The van der Waals surface area contributed by atoms with Gasteiger partial charge in [0.15, 0.2) is 0 Å². The highest BCUT2D eigenvalue weighted by Crippen LogP contribution is 2.46. The van der Waals surface area contributed by atoms with Crippen LogP contribution in [0.3, 0.4) is 0 Å². The number of esters is 1. The van der Waals surface area contributed by atoms with Gasteiger partial charge in [-0.05, 0) is 88.2 Å². The Morgan fingerprint density at radius 2 is 1.77 bits per heavy atom. The van der Waals surface area contributed by atoms with Crippen molar-refractivity contribution in [1.29, 1.82) is 5.26 Å². The van der Waals surface area contributed by atoms with Crippen LogP contribution in [-0.2, 0) is 9.53 Å². The molecule has 3 saturated carbocycles. The van der Waals surface area contributed by atoms with Crippen LogP contribution < -0.4 is 0 Å². The van der Waals surface area contributed by atoms with Gasteiger partial charge in [-0.3, -0.25) is 4.79 Å². The molecule has 0 radical (unpaired) electrons. The fourth-order valence-corrected chi connectivity index (χ4v) is 6.65. The van der Waals surface area contributed by atoms with E-state index in [9.17, 15) is 4.79 Å². The molecule has 0 N–H and O–H groups in total. The second-order valence-electron chi connectivity index (χ2n) is 8.73. The molecule has 0 aromatic carbocycles. The normalized spacial score (nSPS) is 37.4. The number of nitrogens with zero attached hydrogens (tertiary/aromatic N) is 1. The predicted octanol–water partition coefficient (Wildman–Crippen LogP) is 5.73. The molecular formula is C22H35NO2S. The van der Waals surface area contributed by atoms with Crippen LogP contribution >= 0.6 is 11.8 Å². The molecular weight excluding hydrogens is 342 g/mol. The molecule has 4 heteroatoms. The molecule has 3 nitrogen and oxygen atoms in total. The average molecular weight is 378 g/mol. The topological polar surface area (TPSA) is 50.1 Å². The summed E-state index contributed by atoms with van der Waals surface area (Å²) in [6.45, 7) is 2.27. The molecule has 0 aliphatic heterocycles. The van der Waals surface area contributed by atoms with Gasteiger partial charge in [0.2, 0.25) is 0 Å². The van der Waals surface area contributed by atoms with Crippen LogP contribution in [0.1, 0.15) is 84.0 Å². The maximum absolute atomic E-state index is 12.6. The van der Waals surface area contributed by atoms with Crippen LogP contribution in [0.15, 0.2) is 0 Å². The Bertz CT molecular complexity index is 495. The molecule has 0 aromatic rings. The van der Waals surface area contributed by atoms with Gasteiger partial charge in [0, 0.05) is 11.2 Å². The number of thioether (sulfide) groups is 1. The quantitative estimate of drug-likeness (QED) is 0.438. The standard InChI is InChI=1S/C22H35NO2S/c1-2-3-12-26-21-11-8-17-13-19(7-6-18(17)14-21)22(24)25-20-9-4-16(15-23)5-10-20/h16-21H,2-14H2,1H3. The number of rotatable bonds is 6. The summed E-state index contributed by atoms with van der Waals surface area (Å²) in [6, 6.07) is 2.35. The van der Waals surface area contributed by atoms with Crippen LogP contribution in [0.4, 0.5) is 0 Å². The van der Waals surface area contributed by atoms with Gasteiger partial charge in [-0.25, -0.2) is 0 Å². The van der Waals surface area contributed by atoms with Crippen LogP contribution in [-0.4, -0.2) is 23.1 Å². The van der Waals surface area contributed by atoms with Gasteiger partial charge in [-0.15, -0.1) is 0 Å². The van der Waals surface area contributed by atoms with Crippen molar-refractivity contribution in [1.82, 2.24) is 0 Å². The van der Waals surface area contributed by atoms with Gasteiger partial charge >= 0.3 is 5.97 Å². The first-order valence-electron chi connectivity index (χ1n) is 10.9. The Balaban J connectivity index is 1.40. The number of carbonyl (C=O) groups excluding carboxylic acids is 1. The van der Waals surface area contributed by atoms with Crippen molar-refractivity contribution in [3.8, 4) is 6.07 Å². The van der Waals surface area contributed by atoms with E-state index in [1.54, 1.807) is 0 Å². The average Bonchev–Trinajstić information content (AvgIpc) is 2.68. The van der Waals surface area contributed by atoms with E-state index in [1.165, 1.54) is 44.3 Å². The Morgan fingerprint density at radius 3 is 2.50 bits per heavy atom. The molecule has 3 aliphatic rings. The molecule has 4 atom stereocenters. The van der Waals surface area contributed by atoms with Gasteiger partial charge in [0.05, 0.1) is 12.0 Å². The molecule has 0 spiro atoms.